The lowest BCUT2D eigenvalue weighted by molar-refractivity contribution is 0.600. The number of sulfone groups is 1. The first-order valence-corrected chi connectivity index (χ1v) is 8.67. The van der Waals surface area contributed by atoms with E-state index in [1.807, 2.05) is 6.92 Å². The molecule has 0 unspecified atom stereocenters. The Morgan fingerprint density at radius 1 is 1.50 bits per heavy atom. The molecule has 3 heterocycles. The summed E-state index contributed by atoms with van der Waals surface area (Å²) in [6.45, 7) is 2.01. The highest BCUT2D eigenvalue weighted by Gasteiger charge is 2.48. The fourth-order valence-corrected chi connectivity index (χ4v) is 5.48. The molecule has 2 fully saturated rings. The molecular formula is C9H12N4O2S3. The number of nitrogens with one attached hydrogen (secondary N) is 1. The second-order valence-corrected chi connectivity index (χ2v) is 7.98. The van der Waals surface area contributed by atoms with Crippen LogP contribution in [0.15, 0.2) is 0 Å². The van der Waals surface area contributed by atoms with Gasteiger partial charge in [-0.2, -0.15) is 0 Å². The molecule has 18 heavy (non-hydrogen) atoms. The van der Waals surface area contributed by atoms with Gasteiger partial charge >= 0.3 is 0 Å². The molecular weight excluding hydrogens is 292 g/mol. The quantitative estimate of drug-likeness (QED) is 0.768. The Morgan fingerprint density at radius 2 is 2.28 bits per heavy atom. The first-order chi connectivity index (χ1) is 8.50. The van der Waals surface area contributed by atoms with Crippen LogP contribution in [0.2, 0.25) is 0 Å². The van der Waals surface area contributed by atoms with E-state index < -0.39 is 9.84 Å². The second-order valence-electron chi connectivity index (χ2n) is 4.40. The predicted molar refractivity (Wildman–Crippen MR) is 73.7 cm³/mol. The van der Waals surface area contributed by atoms with Gasteiger partial charge in [-0.3, -0.25) is 4.90 Å². The van der Waals surface area contributed by atoms with Crippen molar-refractivity contribution in [3.8, 4) is 0 Å². The number of fused-ring (bicyclic) bond motifs is 1. The van der Waals surface area contributed by atoms with Gasteiger partial charge in [-0.15, -0.1) is 10.2 Å². The summed E-state index contributed by atoms with van der Waals surface area (Å²) >= 11 is 6.72. The fourth-order valence-electron chi connectivity index (χ4n) is 2.31. The smallest absolute Gasteiger partial charge is 0.214 e. The summed E-state index contributed by atoms with van der Waals surface area (Å²) in [6.07, 6.45) is 0.818. The lowest BCUT2D eigenvalue weighted by Crippen LogP contribution is -2.36. The fraction of sp³-hybridized carbons (Fsp3) is 0.667. The predicted octanol–water partition coefficient (Wildman–Crippen LogP) is -0.0394. The zero-order chi connectivity index (χ0) is 12.9. The zero-order valence-corrected chi connectivity index (χ0v) is 12.1. The van der Waals surface area contributed by atoms with Crippen molar-refractivity contribution >= 4 is 43.6 Å². The number of hydrogen-bond donors (Lipinski definition) is 1. The van der Waals surface area contributed by atoms with Crippen LogP contribution in [-0.4, -0.2) is 47.3 Å². The number of rotatable bonds is 2. The second kappa shape index (κ2) is 4.10. The van der Waals surface area contributed by atoms with Crippen molar-refractivity contribution in [1.82, 2.24) is 15.5 Å². The van der Waals surface area contributed by atoms with E-state index in [4.69, 9.17) is 12.2 Å². The van der Waals surface area contributed by atoms with Gasteiger partial charge < -0.3 is 5.32 Å². The molecule has 2 saturated heterocycles. The lowest BCUT2D eigenvalue weighted by atomic mass is 10.2. The number of nitrogens with zero attached hydrogens (tertiary/aromatic N) is 3. The van der Waals surface area contributed by atoms with Crippen molar-refractivity contribution in [2.24, 2.45) is 0 Å². The van der Waals surface area contributed by atoms with Crippen LogP contribution in [0, 0.1) is 0 Å². The first kappa shape index (κ1) is 12.2. The van der Waals surface area contributed by atoms with E-state index in [1.54, 1.807) is 4.90 Å². The van der Waals surface area contributed by atoms with E-state index in [2.05, 4.69) is 15.5 Å². The van der Waals surface area contributed by atoms with Gasteiger partial charge in [0.15, 0.2) is 14.9 Å². The molecule has 1 aromatic rings. The summed E-state index contributed by atoms with van der Waals surface area (Å²) in [6, 6.07) is -0.253. The number of hydrogen-bond acceptors (Lipinski definition) is 6. The average molecular weight is 304 g/mol. The van der Waals surface area contributed by atoms with Crippen LogP contribution in [0.4, 0.5) is 5.13 Å². The topological polar surface area (TPSA) is 75.2 Å². The van der Waals surface area contributed by atoms with E-state index in [0.29, 0.717) is 10.2 Å². The van der Waals surface area contributed by atoms with Crippen molar-refractivity contribution in [3.05, 3.63) is 5.01 Å². The van der Waals surface area contributed by atoms with Crippen LogP contribution >= 0.6 is 23.6 Å². The van der Waals surface area contributed by atoms with Crippen molar-refractivity contribution in [3.63, 3.8) is 0 Å². The monoisotopic (exact) mass is 304 g/mol. The molecule has 0 aromatic carbocycles. The van der Waals surface area contributed by atoms with E-state index >= 15 is 0 Å². The molecule has 6 nitrogen and oxygen atoms in total. The Balaban J connectivity index is 1.94. The Bertz CT molecular complexity index is 597. The molecule has 0 spiro atoms. The molecule has 0 amide bonds. The molecule has 0 saturated carbocycles. The maximum atomic E-state index is 11.6. The highest BCUT2D eigenvalue weighted by molar-refractivity contribution is 7.91. The summed E-state index contributed by atoms with van der Waals surface area (Å²) in [5, 5.41) is 13.4. The Hall–Kier alpha value is -0.800. The number of anilines is 1. The molecule has 3 rings (SSSR count). The van der Waals surface area contributed by atoms with E-state index in [1.165, 1.54) is 11.3 Å². The van der Waals surface area contributed by atoms with E-state index in [9.17, 15) is 8.42 Å². The van der Waals surface area contributed by atoms with Crippen LogP contribution in [-0.2, 0) is 16.3 Å². The van der Waals surface area contributed by atoms with Crippen LogP contribution in [0.25, 0.3) is 0 Å². The molecule has 0 bridgehead atoms. The molecule has 1 N–H and O–H groups in total. The van der Waals surface area contributed by atoms with Crippen molar-refractivity contribution in [2.45, 2.75) is 25.4 Å². The Labute approximate surface area is 114 Å². The number of thiocarbonyl (C=S) groups is 1. The molecule has 2 aliphatic heterocycles. The van der Waals surface area contributed by atoms with Gasteiger partial charge in [0.2, 0.25) is 5.13 Å². The normalized spacial score (nSPS) is 29.4. The van der Waals surface area contributed by atoms with Crippen molar-refractivity contribution in [1.29, 1.82) is 0 Å². The molecule has 9 heteroatoms. The molecule has 1 aromatic heterocycles. The van der Waals surface area contributed by atoms with E-state index in [0.717, 1.165) is 11.4 Å². The number of aryl methyl sites for hydroxylation is 1. The van der Waals surface area contributed by atoms with Crippen LogP contribution < -0.4 is 10.2 Å². The van der Waals surface area contributed by atoms with Crippen LogP contribution in [0.5, 0.6) is 0 Å². The van der Waals surface area contributed by atoms with Gasteiger partial charge in [0, 0.05) is 0 Å². The average Bonchev–Trinajstić information content (AvgIpc) is 2.90. The maximum absolute atomic E-state index is 11.6. The summed E-state index contributed by atoms with van der Waals surface area (Å²) in [7, 11) is -2.98. The number of aromatic nitrogens is 2. The van der Waals surface area contributed by atoms with Gasteiger partial charge in [-0.1, -0.05) is 18.3 Å². The summed E-state index contributed by atoms with van der Waals surface area (Å²) in [5.74, 6) is 0.277. The lowest BCUT2D eigenvalue weighted by Gasteiger charge is -2.18. The van der Waals surface area contributed by atoms with E-state index in [-0.39, 0.29) is 23.6 Å². The zero-order valence-electron chi connectivity index (χ0n) is 9.66. The Morgan fingerprint density at radius 3 is 2.94 bits per heavy atom. The third-order valence-electron chi connectivity index (χ3n) is 3.15. The Kier molecular flexibility index (Phi) is 2.79. The molecule has 98 valence electrons. The summed E-state index contributed by atoms with van der Waals surface area (Å²) in [5.41, 5.74) is 0. The van der Waals surface area contributed by atoms with Gasteiger partial charge in [-0.25, -0.2) is 8.42 Å². The third kappa shape index (κ3) is 1.90. The third-order valence-corrected chi connectivity index (χ3v) is 6.24. The van der Waals surface area contributed by atoms with Gasteiger partial charge in [-0.05, 0) is 18.6 Å². The highest BCUT2D eigenvalue weighted by atomic mass is 32.2. The minimum Gasteiger partial charge on any atom is -0.356 e. The molecule has 2 atom stereocenters. The molecule has 2 aliphatic rings. The maximum Gasteiger partial charge on any atom is 0.214 e. The first-order valence-electron chi connectivity index (χ1n) is 5.62. The minimum absolute atomic E-state index is 0.114. The summed E-state index contributed by atoms with van der Waals surface area (Å²) in [4.78, 5) is 1.81. The largest absolute Gasteiger partial charge is 0.356 e. The van der Waals surface area contributed by atoms with Gasteiger partial charge in [0.25, 0.3) is 0 Å². The minimum atomic E-state index is -2.98. The highest BCUT2D eigenvalue weighted by Crippen LogP contribution is 2.31. The standard InChI is InChI=1S/C9H12N4O2S3/c1-2-7-11-12-9(17-7)13-6-4-18(14,15)3-5(6)10-8(13)16/h5-6H,2-4H2,1H3,(H,10,16)/t5-,6+/m0/s1. The van der Waals surface area contributed by atoms with Crippen LogP contribution in [0.3, 0.4) is 0 Å². The van der Waals surface area contributed by atoms with Gasteiger partial charge in [0.1, 0.15) is 5.01 Å². The SMILES string of the molecule is CCc1nnc(N2C(=S)N[C@H]3CS(=O)(=O)C[C@H]32)s1. The molecule has 0 aliphatic carbocycles. The van der Waals surface area contributed by atoms with Crippen LogP contribution in [0.1, 0.15) is 11.9 Å². The summed E-state index contributed by atoms with van der Waals surface area (Å²) < 4.78 is 23.3. The van der Waals surface area contributed by atoms with Gasteiger partial charge in [0.05, 0.1) is 23.6 Å². The van der Waals surface area contributed by atoms with Crippen molar-refractivity contribution in [2.75, 3.05) is 16.4 Å². The molecule has 0 radical (unpaired) electrons. The van der Waals surface area contributed by atoms with Crippen molar-refractivity contribution < 1.29 is 8.42 Å².